The minimum Gasteiger partial charge on any atom is -0.373 e. The molecule has 0 aliphatic carbocycles. The van der Waals surface area contributed by atoms with Crippen LogP contribution in [0.2, 0.25) is 0 Å². The van der Waals surface area contributed by atoms with E-state index < -0.39 is 0 Å². The summed E-state index contributed by atoms with van der Waals surface area (Å²) in [5.41, 5.74) is 1.07. The first-order valence-electron chi connectivity index (χ1n) is 5.86. The Morgan fingerprint density at radius 1 is 1.25 bits per heavy atom. The first kappa shape index (κ1) is 12.7. The molecule has 0 fully saturated rings. The van der Waals surface area contributed by atoms with Crippen LogP contribution in [0.1, 0.15) is 32.8 Å². The first-order chi connectivity index (χ1) is 7.60. The van der Waals surface area contributed by atoms with Crippen LogP contribution in [0.4, 0.5) is 11.6 Å². The second-order valence-electron chi connectivity index (χ2n) is 4.35. The maximum absolute atomic E-state index is 4.29. The van der Waals surface area contributed by atoms with Crippen molar-refractivity contribution in [2.45, 2.75) is 40.2 Å². The minimum absolute atomic E-state index is 0.457. The SMILES string of the molecule is CCC(Nc1ncnc(NC)c1C)C(C)C. The van der Waals surface area contributed by atoms with E-state index in [1.165, 1.54) is 0 Å². The molecule has 0 radical (unpaired) electrons. The molecule has 0 spiro atoms. The number of hydrogen-bond acceptors (Lipinski definition) is 4. The van der Waals surface area contributed by atoms with Gasteiger partial charge in [0, 0.05) is 18.7 Å². The van der Waals surface area contributed by atoms with Crippen molar-refractivity contribution in [2.75, 3.05) is 17.7 Å². The Labute approximate surface area is 97.9 Å². The fraction of sp³-hybridized carbons (Fsp3) is 0.667. The third-order valence-corrected chi connectivity index (χ3v) is 2.89. The summed E-state index contributed by atoms with van der Waals surface area (Å²) in [6.45, 7) is 8.65. The van der Waals surface area contributed by atoms with Crippen molar-refractivity contribution in [3.8, 4) is 0 Å². The lowest BCUT2D eigenvalue weighted by atomic mass is 10.0. The van der Waals surface area contributed by atoms with E-state index in [2.05, 4.69) is 41.4 Å². The maximum atomic E-state index is 4.29. The molecule has 1 heterocycles. The van der Waals surface area contributed by atoms with Gasteiger partial charge in [0.2, 0.25) is 0 Å². The Kier molecular flexibility index (Phi) is 4.52. The standard InChI is InChI=1S/C12H22N4/c1-6-10(8(2)3)16-12-9(4)11(13-5)14-7-15-12/h7-8,10H,6H2,1-5H3,(H2,13,14,15,16). The molecular weight excluding hydrogens is 200 g/mol. The number of anilines is 2. The zero-order chi connectivity index (χ0) is 12.1. The van der Waals surface area contributed by atoms with Crippen LogP contribution in [-0.2, 0) is 0 Å². The van der Waals surface area contributed by atoms with Crippen LogP contribution in [0.5, 0.6) is 0 Å². The van der Waals surface area contributed by atoms with Crippen molar-refractivity contribution in [3.63, 3.8) is 0 Å². The predicted molar refractivity (Wildman–Crippen MR) is 68.9 cm³/mol. The van der Waals surface area contributed by atoms with E-state index in [-0.39, 0.29) is 0 Å². The van der Waals surface area contributed by atoms with Gasteiger partial charge in [-0.2, -0.15) is 0 Å². The van der Waals surface area contributed by atoms with Gasteiger partial charge < -0.3 is 10.6 Å². The minimum atomic E-state index is 0.457. The molecule has 0 saturated carbocycles. The van der Waals surface area contributed by atoms with E-state index in [4.69, 9.17) is 0 Å². The highest BCUT2D eigenvalue weighted by Crippen LogP contribution is 2.20. The second kappa shape index (κ2) is 5.68. The van der Waals surface area contributed by atoms with Crippen molar-refractivity contribution in [1.82, 2.24) is 9.97 Å². The summed E-state index contributed by atoms with van der Waals surface area (Å²) >= 11 is 0. The molecule has 0 aliphatic heterocycles. The monoisotopic (exact) mass is 222 g/mol. The number of nitrogens with zero attached hydrogens (tertiary/aromatic N) is 2. The van der Waals surface area contributed by atoms with Gasteiger partial charge in [-0.3, -0.25) is 0 Å². The number of nitrogens with one attached hydrogen (secondary N) is 2. The molecule has 2 N–H and O–H groups in total. The van der Waals surface area contributed by atoms with Crippen LogP contribution < -0.4 is 10.6 Å². The van der Waals surface area contributed by atoms with E-state index in [0.29, 0.717) is 12.0 Å². The molecule has 1 rings (SSSR count). The highest BCUT2D eigenvalue weighted by Gasteiger charge is 2.13. The van der Waals surface area contributed by atoms with E-state index in [1.807, 2.05) is 14.0 Å². The van der Waals surface area contributed by atoms with Gasteiger partial charge in [0.1, 0.15) is 18.0 Å². The zero-order valence-electron chi connectivity index (χ0n) is 10.8. The smallest absolute Gasteiger partial charge is 0.134 e. The van der Waals surface area contributed by atoms with Gasteiger partial charge in [0.15, 0.2) is 0 Å². The second-order valence-corrected chi connectivity index (χ2v) is 4.35. The van der Waals surface area contributed by atoms with Gasteiger partial charge >= 0.3 is 0 Å². The van der Waals surface area contributed by atoms with E-state index >= 15 is 0 Å². The molecule has 1 unspecified atom stereocenters. The van der Waals surface area contributed by atoms with Crippen molar-refractivity contribution < 1.29 is 0 Å². The average molecular weight is 222 g/mol. The number of hydrogen-bond donors (Lipinski definition) is 2. The van der Waals surface area contributed by atoms with Gasteiger partial charge in [-0.05, 0) is 19.3 Å². The molecule has 4 heteroatoms. The lowest BCUT2D eigenvalue weighted by molar-refractivity contribution is 0.509. The summed E-state index contributed by atoms with van der Waals surface area (Å²) in [4.78, 5) is 8.47. The van der Waals surface area contributed by atoms with Crippen LogP contribution in [0, 0.1) is 12.8 Å². The van der Waals surface area contributed by atoms with Gasteiger partial charge in [-0.1, -0.05) is 20.8 Å². The molecule has 1 aromatic rings. The molecule has 1 atom stereocenters. The van der Waals surface area contributed by atoms with E-state index in [9.17, 15) is 0 Å². The summed E-state index contributed by atoms with van der Waals surface area (Å²) < 4.78 is 0. The Morgan fingerprint density at radius 3 is 2.38 bits per heavy atom. The molecule has 0 aliphatic rings. The average Bonchev–Trinajstić information content (AvgIpc) is 2.27. The summed E-state index contributed by atoms with van der Waals surface area (Å²) in [7, 11) is 1.87. The normalized spacial score (nSPS) is 12.6. The van der Waals surface area contributed by atoms with Crippen LogP contribution >= 0.6 is 0 Å². The van der Waals surface area contributed by atoms with E-state index in [1.54, 1.807) is 6.33 Å². The predicted octanol–water partition coefficient (Wildman–Crippen LogP) is 2.67. The van der Waals surface area contributed by atoms with Gasteiger partial charge in [-0.15, -0.1) is 0 Å². The van der Waals surface area contributed by atoms with Gasteiger partial charge in [0.25, 0.3) is 0 Å². The third-order valence-electron chi connectivity index (χ3n) is 2.89. The molecule has 0 saturated heterocycles. The summed E-state index contributed by atoms with van der Waals surface area (Å²) in [5, 5.41) is 6.55. The van der Waals surface area contributed by atoms with Crippen LogP contribution in [0.3, 0.4) is 0 Å². The van der Waals surface area contributed by atoms with Crippen molar-refractivity contribution in [1.29, 1.82) is 0 Å². The van der Waals surface area contributed by atoms with Gasteiger partial charge in [-0.25, -0.2) is 9.97 Å². The molecular formula is C12H22N4. The highest BCUT2D eigenvalue weighted by molar-refractivity contribution is 5.56. The molecule has 0 bridgehead atoms. The Morgan fingerprint density at radius 2 is 1.88 bits per heavy atom. The molecule has 1 aromatic heterocycles. The molecule has 0 aromatic carbocycles. The lowest BCUT2D eigenvalue weighted by Crippen LogP contribution is -2.25. The highest BCUT2D eigenvalue weighted by atomic mass is 15.1. The number of aromatic nitrogens is 2. The molecule has 90 valence electrons. The van der Waals surface area contributed by atoms with Crippen molar-refractivity contribution >= 4 is 11.6 Å². The zero-order valence-corrected chi connectivity index (χ0v) is 10.8. The van der Waals surface area contributed by atoms with E-state index in [0.717, 1.165) is 23.6 Å². The summed E-state index contributed by atoms with van der Waals surface area (Å²) in [5.74, 6) is 2.41. The fourth-order valence-corrected chi connectivity index (χ4v) is 1.76. The largest absolute Gasteiger partial charge is 0.373 e. The van der Waals surface area contributed by atoms with Crippen molar-refractivity contribution in [2.24, 2.45) is 5.92 Å². The van der Waals surface area contributed by atoms with Crippen LogP contribution in [-0.4, -0.2) is 23.1 Å². The van der Waals surface area contributed by atoms with Gasteiger partial charge in [0.05, 0.1) is 0 Å². The van der Waals surface area contributed by atoms with Crippen LogP contribution in [0.15, 0.2) is 6.33 Å². The fourth-order valence-electron chi connectivity index (χ4n) is 1.76. The Balaban J connectivity index is 2.88. The molecule has 0 amide bonds. The first-order valence-corrected chi connectivity index (χ1v) is 5.86. The quantitative estimate of drug-likeness (QED) is 0.804. The Hall–Kier alpha value is -1.32. The van der Waals surface area contributed by atoms with Crippen LogP contribution in [0.25, 0.3) is 0 Å². The lowest BCUT2D eigenvalue weighted by Gasteiger charge is -2.22. The summed E-state index contributed by atoms with van der Waals surface area (Å²) in [6, 6.07) is 0.457. The Bertz CT molecular complexity index is 336. The molecule has 16 heavy (non-hydrogen) atoms. The summed E-state index contributed by atoms with van der Waals surface area (Å²) in [6.07, 6.45) is 2.68. The third kappa shape index (κ3) is 2.84. The number of rotatable bonds is 5. The topological polar surface area (TPSA) is 49.8 Å². The molecule has 4 nitrogen and oxygen atoms in total. The maximum Gasteiger partial charge on any atom is 0.134 e. The van der Waals surface area contributed by atoms with Crippen molar-refractivity contribution in [3.05, 3.63) is 11.9 Å².